The Bertz CT molecular complexity index is 1430. The van der Waals surface area contributed by atoms with Crippen molar-refractivity contribution in [3.63, 3.8) is 0 Å². The zero-order valence-corrected chi connectivity index (χ0v) is 23.2. The zero-order chi connectivity index (χ0) is 29.6. The van der Waals surface area contributed by atoms with Gasteiger partial charge in [0.2, 0.25) is 11.8 Å². The van der Waals surface area contributed by atoms with Crippen molar-refractivity contribution in [3.8, 4) is 0 Å². The lowest BCUT2D eigenvalue weighted by atomic mass is 9.79. The predicted molar refractivity (Wildman–Crippen MR) is 148 cm³/mol. The summed E-state index contributed by atoms with van der Waals surface area (Å²) >= 11 is 1.34. The maximum atomic E-state index is 13.5. The minimum atomic E-state index is -1.21. The third-order valence-corrected chi connectivity index (χ3v) is 9.44. The average Bonchev–Trinajstić information content (AvgIpc) is 3.42. The number of β-lactam (4-membered cyclic amide) rings is 1. The number of anilines is 1. The summed E-state index contributed by atoms with van der Waals surface area (Å²) in [5.74, 6) is -4.45. The SMILES string of the molecule is C[C@@H](O)[C@H]1C(=O)N2C(C(=O)O)=C(S[C@H]3C[C@@H](C(=O)Nc4cccc(C(=O)O)c4)N(Cc4ccc(F)cc4)C3)[C@H](C)[C@H]12. The second-order valence-corrected chi connectivity index (χ2v) is 12.0. The van der Waals surface area contributed by atoms with Gasteiger partial charge in [0.25, 0.3) is 0 Å². The number of amides is 2. The summed E-state index contributed by atoms with van der Waals surface area (Å²) < 4.78 is 13.5. The van der Waals surface area contributed by atoms with Crippen molar-refractivity contribution in [1.29, 1.82) is 0 Å². The van der Waals surface area contributed by atoms with Crippen LogP contribution >= 0.6 is 11.8 Å². The molecule has 2 amide bonds. The number of nitrogens with zero attached hydrogens (tertiary/aromatic N) is 2. The van der Waals surface area contributed by atoms with Gasteiger partial charge in [0.05, 0.1) is 29.7 Å². The number of aliphatic carboxylic acids is 1. The van der Waals surface area contributed by atoms with Crippen LogP contribution in [0.3, 0.4) is 0 Å². The van der Waals surface area contributed by atoms with E-state index in [1.165, 1.54) is 53.9 Å². The summed E-state index contributed by atoms with van der Waals surface area (Å²) in [5, 5.41) is 32.0. The first-order valence-corrected chi connectivity index (χ1v) is 14.1. The molecular weight excluding hydrogens is 553 g/mol. The lowest BCUT2D eigenvalue weighted by molar-refractivity contribution is -0.163. The van der Waals surface area contributed by atoms with Crippen molar-refractivity contribution in [2.45, 2.75) is 50.3 Å². The van der Waals surface area contributed by atoms with Gasteiger partial charge in [0, 0.05) is 34.8 Å². The molecule has 3 aliphatic rings. The van der Waals surface area contributed by atoms with Crippen LogP contribution in [0.15, 0.2) is 59.1 Å². The Hall–Kier alpha value is -3.74. The molecule has 0 saturated carbocycles. The molecular formula is C29H30FN3O7S. The minimum Gasteiger partial charge on any atom is -0.478 e. The summed E-state index contributed by atoms with van der Waals surface area (Å²) in [7, 11) is 0. The van der Waals surface area contributed by atoms with E-state index in [0.29, 0.717) is 30.1 Å². The molecule has 2 aromatic rings. The first-order valence-electron chi connectivity index (χ1n) is 13.2. The number of carboxylic acid groups (broad SMARTS) is 2. The van der Waals surface area contributed by atoms with Gasteiger partial charge in [-0.3, -0.25) is 14.5 Å². The third kappa shape index (κ3) is 5.46. The number of hydrogen-bond donors (Lipinski definition) is 4. The van der Waals surface area contributed by atoms with Gasteiger partial charge < -0.3 is 25.5 Å². The first kappa shape index (κ1) is 28.8. The molecule has 2 saturated heterocycles. The number of carboxylic acids is 2. The Labute approximate surface area is 239 Å². The lowest BCUT2D eigenvalue weighted by Gasteiger charge is -2.46. The summed E-state index contributed by atoms with van der Waals surface area (Å²) in [6.07, 6.45) is -0.547. The highest BCUT2D eigenvalue weighted by Crippen LogP contribution is 2.52. The van der Waals surface area contributed by atoms with Gasteiger partial charge >= 0.3 is 11.9 Å². The summed E-state index contributed by atoms with van der Waals surface area (Å²) in [5.41, 5.74) is 1.08. The predicted octanol–water partition coefficient (Wildman–Crippen LogP) is 2.99. The number of fused-ring (bicyclic) bond motifs is 1. The van der Waals surface area contributed by atoms with E-state index in [1.807, 2.05) is 11.8 Å². The molecule has 10 nitrogen and oxygen atoms in total. The molecule has 3 aliphatic heterocycles. The Morgan fingerprint density at radius 3 is 2.46 bits per heavy atom. The summed E-state index contributed by atoms with van der Waals surface area (Å²) in [6, 6.07) is 10.8. The maximum Gasteiger partial charge on any atom is 0.353 e. The van der Waals surface area contributed by atoms with Crippen molar-refractivity contribution in [3.05, 3.63) is 76.1 Å². The molecule has 4 N–H and O–H groups in total. The largest absolute Gasteiger partial charge is 0.478 e. The van der Waals surface area contributed by atoms with Gasteiger partial charge in [-0.1, -0.05) is 25.1 Å². The Morgan fingerprint density at radius 2 is 1.83 bits per heavy atom. The van der Waals surface area contributed by atoms with E-state index < -0.39 is 42.0 Å². The van der Waals surface area contributed by atoms with E-state index >= 15 is 0 Å². The fourth-order valence-electron chi connectivity index (χ4n) is 6.03. The van der Waals surface area contributed by atoms with Crippen molar-refractivity contribution in [1.82, 2.24) is 9.80 Å². The highest BCUT2D eigenvalue weighted by molar-refractivity contribution is 8.03. The van der Waals surface area contributed by atoms with Crippen molar-refractivity contribution in [2.75, 3.05) is 11.9 Å². The second kappa shape index (κ2) is 11.3. The van der Waals surface area contributed by atoms with E-state index in [9.17, 15) is 38.9 Å². The van der Waals surface area contributed by atoms with E-state index in [0.717, 1.165) is 5.56 Å². The molecule has 0 bridgehead atoms. The van der Waals surface area contributed by atoms with Crippen LogP contribution in [-0.2, 0) is 20.9 Å². The number of carbonyl (C=O) groups excluding carboxylic acids is 2. The van der Waals surface area contributed by atoms with E-state index in [4.69, 9.17) is 0 Å². The number of thioether (sulfide) groups is 1. The second-order valence-electron chi connectivity index (χ2n) is 10.7. The molecule has 12 heteroatoms. The Morgan fingerprint density at radius 1 is 1.12 bits per heavy atom. The van der Waals surface area contributed by atoms with E-state index in [1.54, 1.807) is 18.2 Å². The number of aliphatic hydroxyl groups is 1. The van der Waals surface area contributed by atoms with Gasteiger partial charge in [-0.15, -0.1) is 11.8 Å². The molecule has 0 spiro atoms. The van der Waals surface area contributed by atoms with Gasteiger partial charge in [0.15, 0.2) is 0 Å². The van der Waals surface area contributed by atoms with Crippen LogP contribution < -0.4 is 5.32 Å². The standard InChI is InChI=1S/C29H30FN3O7S/c1-14-23-22(15(2)34)27(36)33(23)24(29(39)40)25(14)41-20-11-21(32(13-20)12-16-6-8-18(30)9-7-16)26(35)31-19-5-3-4-17(10-19)28(37)38/h3-10,14-15,20-23,34H,11-13H2,1-2H3,(H,31,35)(H,37,38)(H,39,40)/t14-,15-,20+,21+,22-,23-/m1/s1. The molecule has 0 aromatic heterocycles. The first-order chi connectivity index (χ1) is 19.5. The van der Waals surface area contributed by atoms with Crippen LogP contribution in [0, 0.1) is 17.7 Å². The molecule has 0 aliphatic carbocycles. The van der Waals surface area contributed by atoms with E-state index in [2.05, 4.69) is 5.32 Å². The topological polar surface area (TPSA) is 147 Å². The van der Waals surface area contributed by atoms with Crippen molar-refractivity contribution < 1.29 is 38.9 Å². The normalized spacial score (nSPS) is 26.5. The average molecular weight is 584 g/mol. The number of rotatable bonds is 9. The van der Waals surface area contributed by atoms with Crippen molar-refractivity contribution >= 4 is 41.2 Å². The third-order valence-electron chi connectivity index (χ3n) is 7.95. The maximum absolute atomic E-state index is 13.5. The number of halogens is 1. The number of hydrogen-bond acceptors (Lipinski definition) is 7. The fraction of sp³-hybridized carbons (Fsp3) is 0.379. The van der Waals surface area contributed by atoms with Gasteiger partial charge in [-0.05, 0) is 49.2 Å². The number of aromatic carboxylic acids is 1. The number of benzene rings is 2. The molecule has 41 heavy (non-hydrogen) atoms. The van der Waals surface area contributed by atoms with Crippen LogP contribution in [0.2, 0.25) is 0 Å². The minimum absolute atomic E-state index is 0.0314. The molecule has 2 fully saturated rings. The van der Waals surface area contributed by atoms with E-state index in [-0.39, 0.29) is 34.2 Å². The summed E-state index contributed by atoms with van der Waals surface area (Å²) in [6.45, 7) is 4.12. The highest BCUT2D eigenvalue weighted by atomic mass is 32.2. The number of likely N-dealkylation sites (tertiary alicyclic amines) is 1. The Kier molecular flexibility index (Phi) is 7.91. The molecule has 216 valence electrons. The van der Waals surface area contributed by atoms with Gasteiger partial charge in [0.1, 0.15) is 11.5 Å². The molecule has 0 radical (unpaired) electrons. The monoisotopic (exact) mass is 583 g/mol. The molecule has 3 heterocycles. The van der Waals surface area contributed by atoms with Crippen LogP contribution in [0.5, 0.6) is 0 Å². The van der Waals surface area contributed by atoms with Crippen LogP contribution in [0.1, 0.15) is 36.2 Å². The van der Waals surface area contributed by atoms with Crippen LogP contribution in [0.4, 0.5) is 10.1 Å². The molecule has 0 unspecified atom stereocenters. The zero-order valence-electron chi connectivity index (χ0n) is 22.4. The van der Waals surface area contributed by atoms with Crippen molar-refractivity contribution in [2.24, 2.45) is 11.8 Å². The number of carbonyl (C=O) groups is 4. The number of aliphatic hydroxyl groups excluding tert-OH is 1. The smallest absolute Gasteiger partial charge is 0.353 e. The lowest BCUT2D eigenvalue weighted by Crippen LogP contribution is -2.63. The van der Waals surface area contributed by atoms with Crippen LogP contribution in [-0.4, -0.2) is 78.9 Å². The molecule has 5 rings (SSSR count). The fourth-order valence-corrected chi connectivity index (χ4v) is 7.59. The van der Waals surface area contributed by atoms with Gasteiger partial charge in [-0.25, -0.2) is 14.0 Å². The number of nitrogens with one attached hydrogen (secondary N) is 1. The Balaban J connectivity index is 1.39. The molecule has 2 aromatic carbocycles. The molecule has 6 atom stereocenters. The highest BCUT2D eigenvalue weighted by Gasteiger charge is 2.60. The van der Waals surface area contributed by atoms with Crippen LogP contribution in [0.25, 0.3) is 0 Å². The quantitative estimate of drug-likeness (QED) is 0.327. The van der Waals surface area contributed by atoms with Gasteiger partial charge in [-0.2, -0.15) is 0 Å². The summed E-state index contributed by atoms with van der Waals surface area (Å²) in [4.78, 5) is 53.6.